The van der Waals surface area contributed by atoms with Gasteiger partial charge in [0, 0.05) is 30.3 Å². The predicted molar refractivity (Wildman–Crippen MR) is 124 cm³/mol. The molecule has 1 heterocycles. The number of nitrogens with two attached hydrogens (primary N) is 1. The topological polar surface area (TPSA) is 88.6 Å². The van der Waals surface area contributed by atoms with Gasteiger partial charge in [0.15, 0.2) is 11.6 Å². The summed E-state index contributed by atoms with van der Waals surface area (Å²) in [7, 11) is 1.41. The maximum atomic E-state index is 14.4. The average molecular weight is 443 g/mol. The summed E-state index contributed by atoms with van der Waals surface area (Å²) in [6, 6.07) is 18.9. The van der Waals surface area contributed by atoms with E-state index in [0.29, 0.717) is 18.7 Å². The van der Waals surface area contributed by atoms with Crippen molar-refractivity contribution in [2.24, 2.45) is 5.73 Å². The van der Waals surface area contributed by atoms with E-state index in [2.05, 4.69) is 12.6 Å². The number of benzene rings is 3. The highest BCUT2D eigenvalue weighted by Crippen LogP contribution is 2.38. The number of hydrogen-bond acceptors (Lipinski definition) is 5. The van der Waals surface area contributed by atoms with Gasteiger partial charge in [-0.05, 0) is 47.5 Å². The first-order valence-corrected chi connectivity index (χ1v) is 10.3. The molecule has 0 aromatic heterocycles. The van der Waals surface area contributed by atoms with Gasteiger partial charge in [0.05, 0.1) is 12.7 Å². The first-order valence-electron chi connectivity index (χ1n) is 10.3. The molecular formula is C26H22FN3O3. The monoisotopic (exact) mass is 443 g/mol. The lowest BCUT2D eigenvalue weighted by Gasteiger charge is -2.18. The highest BCUT2D eigenvalue weighted by molar-refractivity contribution is 5.96. The van der Waals surface area contributed by atoms with Gasteiger partial charge in [-0.1, -0.05) is 30.8 Å². The van der Waals surface area contributed by atoms with E-state index in [9.17, 15) is 14.4 Å². The highest BCUT2D eigenvalue weighted by atomic mass is 19.1. The lowest BCUT2D eigenvalue weighted by Crippen LogP contribution is -2.24. The van der Waals surface area contributed by atoms with Crippen LogP contribution in [-0.4, -0.2) is 19.6 Å². The Bertz CT molecular complexity index is 1280. The summed E-state index contributed by atoms with van der Waals surface area (Å²) in [5, 5.41) is 9.52. The first kappa shape index (κ1) is 21.9. The quantitative estimate of drug-likeness (QED) is 0.582. The van der Waals surface area contributed by atoms with Crippen LogP contribution in [0.4, 0.5) is 10.1 Å². The molecule has 0 spiro atoms. The zero-order valence-corrected chi connectivity index (χ0v) is 18.0. The maximum absolute atomic E-state index is 14.4. The van der Waals surface area contributed by atoms with Crippen LogP contribution in [0, 0.1) is 17.1 Å². The zero-order chi connectivity index (χ0) is 23.5. The largest absolute Gasteiger partial charge is 0.493 e. The van der Waals surface area contributed by atoms with E-state index in [1.807, 2.05) is 24.3 Å². The second-order valence-electron chi connectivity index (χ2n) is 7.72. The molecule has 1 saturated heterocycles. The third-order valence-electron chi connectivity index (χ3n) is 5.61. The third kappa shape index (κ3) is 4.37. The fraction of sp³-hybridized carbons (Fsp3) is 0.154. The summed E-state index contributed by atoms with van der Waals surface area (Å²) in [5.74, 6) is -0.440. The molecule has 1 aliphatic rings. The lowest BCUT2D eigenvalue weighted by atomic mass is 9.96. The molecule has 3 aromatic carbocycles. The molecule has 6 nitrogen and oxygen atoms in total. The number of nitrogens with zero attached hydrogens (tertiary/aromatic N) is 2. The Labute approximate surface area is 191 Å². The summed E-state index contributed by atoms with van der Waals surface area (Å²) in [6.45, 7) is 4.20. The van der Waals surface area contributed by atoms with Crippen molar-refractivity contribution in [2.45, 2.75) is 12.3 Å². The van der Waals surface area contributed by atoms with Crippen molar-refractivity contribution >= 4 is 17.3 Å². The smallest absolute Gasteiger partial charge is 0.227 e. The highest BCUT2D eigenvalue weighted by Gasteiger charge is 2.32. The number of amides is 1. The number of hydrogen-bond donors (Lipinski definition) is 1. The minimum Gasteiger partial charge on any atom is -0.493 e. The molecule has 1 atom stereocenters. The van der Waals surface area contributed by atoms with E-state index in [-0.39, 0.29) is 34.6 Å². The standard InChI is InChI=1S/C26H22FN3O3/c1-16(29)17-5-3-6-21(11-17)30-15-20(13-25(30)31)18-9-10-19(14-28)24(12-18)33-26-22(27)7-4-8-23(26)32-2/h3-12,20H,1,13,15,29H2,2H3/t20-/m0/s1. The van der Waals surface area contributed by atoms with Gasteiger partial charge < -0.3 is 20.1 Å². The van der Waals surface area contributed by atoms with Crippen LogP contribution in [0.15, 0.2) is 67.2 Å². The van der Waals surface area contributed by atoms with Crippen molar-refractivity contribution in [2.75, 3.05) is 18.6 Å². The Kier molecular flexibility index (Phi) is 6.01. The number of para-hydroxylation sites is 1. The maximum Gasteiger partial charge on any atom is 0.227 e. The molecule has 0 saturated carbocycles. The molecule has 1 amide bonds. The van der Waals surface area contributed by atoms with Crippen molar-refractivity contribution in [1.82, 2.24) is 0 Å². The Morgan fingerprint density at radius 3 is 2.70 bits per heavy atom. The number of carbonyl (C=O) groups is 1. The predicted octanol–water partition coefficient (Wildman–Crippen LogP) is 4.95. The Morgan fingerprint density at radius 1 is 1.18 bits per heavy atom. The average Bonchev–Trinajstić information content (AvgIpc) is 3.22. The number of nitriles is 1. The summed E-state index contributed by atoms with van der Waals surface area (Å²) in [6.07, 6.45) is 0.294. The molecule has 0 radical (unpaired) electrons. The van der Waals surface area contributed by atoms with Gasteiger partial charge >= 0.3 is 0 Å². The fourth-order valence-electron chi connectivity index (χ4n) is 3.88. The Hall–Kier alpha value is -4.31. The van der Waals surface area contributed by atoms with Gasteiger partial charge in [0.2, 0.25) is 11.7 Å². The van der Waals surface area contributed by atoms with Gasteiger partial charge in [-0.15, -0.1) is 0 Å². The molecule has 1 fully saturated rings. The second kappa shape index (κ2) is 9.05. The molecular weight excluding hydrogens is 421 g/mol. The minimum absolute atomic E-state index is 0.0256. The van der Waals surface area contributed by atoms with E-state index in [0.717, 1.165) is 16.8 Å². The van der Waals surface area contributed by atoms with Crippen LogP contribution >= 0.6 is 0 Å². The molecule has 2 N–H and O–H groups in total. The van der Waals surface area contributed by atoms with E-state index in [1.54, 1.807) is 29.2 Å². The Morgan fingerprint density at radius 2 is 1.97 bits per heavy atom. The van der Waals surface area contributed by atoms with E-state index < -0.39 is 5.82 Å². The van der Waals surface area contributed by atoms with Crippen molar-refractivity contribution in [3.63, 3.8) is 0 Å². The molecule has 33 heavy (non-hydrogen) atoms. The van der Waals surface area contributed by atoms with Crippen LogP contribution in [-0.2, 0) is 4.79 Å². The van der Waals surface area contributed by atoms with Gasteiger partial charge in [0.25, 0.3) is 0 Å². The van der Waals surface area contributed by atoms with Crippen molar-refractivity contribution in [3.05, 3.63) is 89.8 Å². The van der Waals surface area contributed by atoms with Gasteiger partial charge in [0.1, 0.15) is 11.8 Å². The Balaban J connectivity index is 1.63. The van der Waals surface area contributed by atoms with Crippen LogP contribution in [0.5, 0.6) is 17.2 Å². The molecule has 7 heteroatoms. The second-order valence-corrected chi connectivity index (χ2v) is 7.72. The number of rotatable bonds is 6. The van der Waals surface area contributed by atoms with Crippen molar-refractivity contribution < 1.29 is 18.7 Å². The number of carbonyl (C=O) groups excluding carboxylic acids is 1. The molecule has 166 valence electrons. The molecule has 3 aromatic rings. The summed E-state index contributed by atoms with van der Waals surface area (Å²) in [4.78, 5) is 14.5. The fourth-order valence-corrected chi connectivity index (χ4v) is 3.88. The van der Waals surface area contributed by atoms with Gasteiger partial charge in [-0.2, -0.15) is 5.26 Å². The number of ether oxygens (including phenoxy) is 2. The normalized spacial score (nSPS) is 15.2. The van der Waals surface area contributed by atoms with Crippen molar-refractivity contribution in [1.29, 1.82) is 5.26 Å². The number of methoxy groups -OCH3 is 1. The van der Waals surface area contributed by atoms with Gasteiger partial charge in [-0.25, -0.2) is 4.39 Å². The van der Waals surface area contributed by atoms with Crippen LogP contribution < -0.4 is 20.1 Å². The summed E-state index contributed by atoms with van der Waals surface area (Å²) < 4.78 is 25.4. The van der Waals surface area contributed by atoms with Crippen LogP contribution in [0.25, 0.3) is 5.70 Å². The third-order valence-corrected chi connectivity index (χ3v) is 5.61. The zero-order valence-electron chi connectivity index (χ0n) is 18.0. The van der Waals surface area contributed by atoms with Crippen LogP contribution in [0.2, 0.25) is 0 Å². The number of halogens is 1. The van der Waals surface area contributed by atoms with E-state index in [1.165, 1.54) is 19.2 Å². The van der Waals surface area contributed by atoms with Crippen LogP contribution in [0.1, 0.15) is 29.0 Å². The molecule has 0 bridgehead atoms. The lowest BCUT2D eigenvalue weighted by molar-refractivity contribution is -0.117. The molecule has 1 aliphatic heterocycles. The van der Waals surface area contributed by atoms with Crippen molar-refractivity contribution in [3.8, 4) is 23.3 Å². The first-order chi connectivity index (χ1) is 15.9. The summed E-state index contributed by atoms with van der Waals surface area (Å²) >= 11 is 0. The molecule has 4 rings (SSSR count). The molecule has 0 aliphatic carbocycles. The van der Waals surface area contributed by atoms with E-state index >= 15 is 0 Å². The SMILES string of the molecule is C=C(N)c1cccc(N2C[C@@H](c3ccc(C#N)c(Oc4c(F)cccc4OC)c3)CC2=O)c1. The van der Waals surface area contributed by atoms with Gasteiger partial charge in [-0.3, -0.25) is 4.79 Å². The summed E-state index contributed by atoms with van der Waals surface area (Å²) in [5.41, 5.74) is 8.80. The van der Waals surface area contributed by atoms with E-state index in [4.69, 9.17) is 15.2 Å². The minimum atomic E-state index is -0.604. The molecule has 0 unspecified atom stereocenters. The van der Waals surface area contributed by atoms with Crippen LogP contribution in [0.3, 0.4) is 0 Å². The number of anilines is 1.